The fraction of sp³-hybridized carbons (Fsp3) is 0.0400. The quantitative estimate of drug-likeness (QED) is 0.283. The molecule has 0 saturated heterocycles. The Morgan fingerprint density at radius 3 is 2.09 bits per heavy atom. The molecule has 2 heterocycles. The summed E-state index contributed by atoms with van der Waals surface area (Å²) in [5.41, 5.74) is 3.61. The lowest BCUT2D eigenvalue weighted by Gasteiger charge is -2.00. The predicted molar refractivity (Wildman–Crippen MR) is 132 cm³/mol. The van der Waals surface area contributed by atoms with Crippen LogP contribution >= 0.6 is 23.1 Å². The fourth-order valence-corrected chi connectivity index (χ4v) is 4.58. The van der Waals surface area contributed by atoms with Crippen LogP contribution in [-0.2, 0) is 4.79 Å². The topological polar surface area (TPSA) is 80.9 Å². The van der Waals surface area contributed by atoms with E-state index in [1.807, 2.05) is 91.0 Å². The average Bonchev–Trinajstić information content (AvgIpc) is 3.52. The van der Waals surface area contributed by atoms with Gasteiger partial charge in [-0.3, -0.25) is 10.1 Å². The van der Waals surface area contributed by atoms with Crippen LogP contribution in [0.2, 0.25) is 0 Å². The number of hydrogen-bond acceptors (Lipinski definition) is 7. The maximum absolute atomic E-state index is 12.5. The molecule has 1 N–H and O–H groups in total. The zero-order valence-electron chi connectivity index (χ0n) is 17.3. The minimum atomic E-state index is -0.198. The zero-order chi connectivity index (χ0) is 22.5. The van der Waals surface area contributed by atoms with E-state index in [1.165, 1.54) is 23.1 Å². The Balaban J connectivity index is 1.29. The maximum atomic E-state index is 12.5. The smallest absolute Gasteiger partial charge is 0.257 e. The summed E-state index contributed by atoms with van der Waals surface area (Å²) in [5, 5.41) is 12.7. The van der Waals surface area contributed by atoms with Gasteiger partial charge in [0.1, 0.15) is 10.7 Å². The fourth-order valence-electron chi connectivity index (χ4n) is 3.19. The number of oxazole rings is 1. The first-order chi connectivity index (χ1) is 16.3. The molecule has 33 heavy (non-hydrogen) atoms. The molecule has 0 unspecified atom stereocenters. The number of benzene rings is 3. The Morgan fingerprint density at radius 2 is 1.42 bits per heavy atom. The van der Waals surface area contributed by atoms with Gasteiger partial charge in [0.05, 0.1) is 5.75 Å². The molecule has 0 saturated carbocycles. The van der Waals surface area contributed by atoms with Crippen LogP contribution in [0.3, 0.4) is 0 Å². The Bertz CT molecular complexity index is 1300. The first kappa shape index (κ1) is 21.1. The van der Waals surface area contributed by atoms with Gasteiger partial charge in [-0.2, -0.15) is 0 Å². The van der Waals surface area contributed by atoms with E-state index in [-0.39, 0.29) is 11.7 Å². The highest BCUT2D eigenvalue weighted by Crippen LogP contribution is 2.35. The molecular weight excluding hydrogens is 452 g/mol. The summed E-state index contributed by atoms with van der Waals surface area (Å²) in [4.78, 5) is 17.2. The molecule has 0 aliphatic carbocycles. The first-order valence-electron chi connectivity index (χ1n) is 10.2. The second kappa shape index (κ2) is 9.81. The number of carbonyl (C=O) groups excluding carboxylic acids is 1. The van der Waals surface area contributed by atoms with Crippen molar-refractivity contribution in [3.8, 4) is 33.2 Å². The normalized spacial score (nSPS) is 10.8. The lowest BCUT2D eigenvalue weighted by atomic mass is 10.1. The second-order valence-electron chi connectivity index (χ2n) is 7.00. The highest BCUT2D eigenvalue weighted by molar-refractivity contribution is 7.99. The van der Waals surface area contributed by atoms with Crippen LogP contribution in [0.25, 0.3) is 33.2 Å². The van der Waals surface area contributed by atoms with Crippen LogP contribution in [-0.4, -0.2) is 26.8 Å². The third-order valence-electron chi connectivity index (χ3n) is 4.71. The van der Waals surface area contributed by atoms with E-state index < -0.39 is 0 Å². The number of aromatic nitrogens is 3. The van der Waals surface area contributed by atoms with Crippen LogP contribution in [0.4, 0.5) is 5.13 Å². The second-order valence-corrected chi connectivity index (χ2v) is 8.91. The summed E-state index contributed by atoms with van der Waals surface area (Å²) >= 11 is 2.58. The van der Waals surface area contributed by atoms with Crippen molar-refractivity contribution < 1.29 is 9.21 Å². The Kier molecular flexibility index (Phi) is 6.27. The summed E-state index contributed by atoms with van der Waals surface area (Å²) in [6.07, 6.45) is 0. The van der Waals surface area contributed by atoms with Gasteiger partial charge in [-0.15, -0.1) is 10.2 Å². The molecule has 0 bridgehead atoms. The standard InChI is InChI=1S/C25H18N4O2S2/c30-20(26-24-29-28-23(33-24)19-14-8-3-9-15-19)16-32-25-27-21(17-10-4-1-5-11-17)22(31-25)18-12-6-2-7-13-18/h1-15H,16H2,(H,26,29,30). The summed E-state index contributed by atoms with van der Waals surface area (Å²) in [7, 11) is 0. The molecule has 5 aromatic rings. The molecule has 5 rings (SSSR count). The largest absolute Gasteiger partial charge is 0.431 e. The first-order valence-corrected chi connectivity index (χ1v) is 12.0. The molecule has 162 valence electrons. The molecule has 2 aromatic heterocycles. The van der Waals surface area contributed by atoms with Gasteiger partial charge in [0.15, 0.2) is 5.76 Å². The number of nitrogens with one attached hydrogen (secondary N) is 1. The lowest BCUT2D eigenvalue weighted by Crippen LogP contribution is -2.13. The van der Waals surface area contributed by atoms with Gasteiger partial charge < -0.3 is 4.42 Å². The minimum Gasteiger partial charge on any atom is -0.431 e. The lowest BCUT2D eigenvalue weighted by molar-refractivity contribution is -0.113. The molecule has 8 heteroatoms. The molecular formula is C25H18N4O2S2. The molecule has 0 aliphatic rings. The van der Waals surface area contributed by atoms with Gasteiger partial charge in [-0.05, 0) is 0 Å². The van der Waals surface area contributed by atoms with Crippen LogP contribution in [0.15, 0.2) is 101 Å². The highest BCUT2D eigenvalue weighted by Gasteiger charge is 2.18. The van der Waals surface area contributed by atoms with Crippen LogP contribution < -0.4 is 5.32 Å². The number of nitrogens with zero attached hydrogens (tertiary/aromatic N) is 3. The number of rotatable bonds is 7. The summed E-state index contributed by atoms with van der Waals surface area (Å²) in [6, 6.07) is 29.4. The van der Waals surface area contributed by atoms with E-state index >= 15 is 0 Å². The summed E-state index contributed by atoms with van der Waals surface area (Å²) < 4.78 is 6.06. The number of amides is 1. The number of hydrogen-bond donors (Lipinski definition) is 1. The number of carbonyl (C=O) groups is 1. The number of thioether (sulfide) groups is 1. The van der Waals surface area contributed by atoms with Crippen molar-refractivity contribution >= 4 is 34.1 Å². The maximum Gasteiger partial charge on any atom is 0.257 e. The molecule has 0 fully saturated rings. The summed E-state index contributed by atoms with van der Waals surface area (Å²) in [5.74, 6) is 0.626. The van der Waals surface area contributed by atoms with Crippen molar-refractivity contribution in [2.24, 2.45) is 0 Å². The number of anilines is 1. The van der Waals surface area contributed by atoms with Crippen LogP contribution in [0.1, 0.15) is 0 Å². The van der Waals surface area contributed by atoms with E-state index in [0.29, 0.717) is 16.1 Å². The predicted octanol–water partition coefficient (Wildman–Crippen LogP) is 6.26. The zero-order valence-corrected chi connectivity index (χ0v) is 19.0. The van der Waals surface area contributed by atoms with Gasteiger partial charge in [0.2, 0.25) is 11.0 Å². The monoisotopic (exact) mass is 470 g/mol. The van der Waals surface area contributed by atoms with Crippen LogP contribution in [0.5, 0.6) is 0 Å². The van der Waals surface area contributed by atoms with E-state index in [1.54, 1.807) is 0 Å². The average molecular weight is 471 g/mol. The summed E-state index contributed by atoms with van der Waals surface area (Å²) in [6.45, 7) is 0. The van der Waals surface area contributed by atoms with E-state index in [4.69, 9.17) is 4.42 Å². The van der Waals surface area contributed by atoms with Crippen LogP contribution in [0, 0.1) is 0 Å². The molecule has 0 spiro atoms. The van der Waals surface area contributed by atoms with E-state index in [0.717, 1.165) is 27.4 Å². The van der Waals surface area contributed by atoms with Crippen molar-refractivity contribution in [2.45, 2.75) is 5.22 Å². The Hall–Kier alpha value is -3.75. The van der Waals surface area contributed by atoms with Crippen molar-refractivity contribution in [2.75, 3.05) is 11.1 Å². The molecule has 0 atom stereocenters. The molecule has 3 aromatic carbocycles. The van der Waals surface area contributed by atoms with Crippen molar-refractivity contribution in [3.05, 3.63) is 91.0 Å². The highest BCUT2D eigenvalue weighted by atomic mass is 32.2. The molecule has 1 amide bonds. The third kappa shape index (κ3) is 5.02. The van der Waals surface area contributed by atoms with Crippen molar-refractivity contribution in [1.29, 1.82) is 0 Å². The Morgan fingerprint density at radius 1 is 0.818 bits per heavy atom. The molecule has 0 radical (unpaired) electrons. The SMILES string of the molecule is O=C(CSc1nc(-c2ccccc2)c(-c2ccccc2)o1)Nc1nnc(-c2ccccc2)s1. The Labute approximate surface area is 198 Å². The van der Waals surface area contributed by atoms with E-state index in [2.05, 4.69) is 20.5 Å². The van der Waals surface area contributed by atoms with Gasteiger partial charge in [-0.1, -0.05) is 114 Å². The minimum absolute atomic E-state index is 0.142. The third-order valence-corrected chi connectivity index (χ3v) is 6.43. The van der Waals surface area contributed by atoms with Gasteiger partial charge in [0, 0.05) is 16.7 Å². The molecule has 6 nitrogen and oxygen atoms in total. The van der Waals surface area contributed by atoms with E-state index in [9.17, 15) is 4.79 Å². The van der Waals surface area contributed by atoms with Gasteiger partial charge >= 0.3 is 0 Å². The van der Waals surface area contributed by atoms with Gasteiger partial charge in [-0.25, -0.2) is 4.98 Å². The van der Waals surface area contributed by atoms with Crippen molar-refractivity contribution in [1.82, 2.24) is 15.2 Å². The van der Waals surface area contributed by atoms with Gasteiger partial charge in [0.25, 0.3) is 5.22 Å². The molecule has 0 aliphatic heterocycles. The van der Waals surface area contributed by atoms with Crippen molar-refractivity contribution in [3.63, 3.8) is 0 Å².